The molecule has 1 amide bonds. The number of rotatable bonds is 3. The number of likely N-dealkylation sites (tertiary alicyclic amines) is 1. The van der Waals surface area contributed by atoms with Crippen molar-refractivity contribution in [3.63, 3.8) is 0 Å². The summed E-state index contributed by atoms with van der Waals surface area (Å²) in [5.74, 6) is 5.97. The highest BCUT2D eigenvalue weighted by atomic mass is 16.4. The zero-order valence-electron chi connectivity index (χ0n) is 11.3. The van der Waals surface area contributed by atoms with Gasteiger partial charge in [0.1, 0.15) is 5.76 Å². The summed E-state index contributed by atoms with van der Waals surface area (Å²) in [4.78, 5) is 13.7. The van der Waals surface area contributed by atoms with Crippen molar-refractivity contribution in [2.75, 3.05) is 13.1 Å². The molecular formula is C13H21N3O3. The number of nitrogens with two attached hydrogens (primary N) is 1. The minimum atomic E-state index is -0.411. The summed E-state index contributed by atoms with van der Waals surface area (Å²) in [7, 11) is 0. The lowest BCUT2D eigenvalue weighted by Crippen LogP contribution is -2.41. The van der Waals surface area contributed by atoms with E-state index in [1.807, 2.05) is 19.9 Å². The van der Waals surface area contributed by atoms with Crippen molar-refractivity contribution in [1.82, 2.24) is 10.3 Å². The molecule has 0 bridgehead atoms. The van der Waals surface area contributed by atoms with Crippen LogP contribution in [0.1, 0.15) is 35.2 Å². The van der Waals surface area contributed by atoms with Crippen LogP contribution in [0.2, 0.25) is 0 Å². The smallest absolute Gasteiger partial charge is 0.301 e. The van der Waals surface area contributed by atoms with Gasteiger partial charge >= 0.3 is 5.91 Å². The zero-order valence-corrected chi connectivity index (χ0v) is 11.3. The first-order valence-corrected chi connectivity index (χ1v) is 6.52. The zero-order chi connectivity index (χ0) is 14.0. The summed E-state index contributed by atoms with van der Waals surface area (Å²) in [5, 5.41) is 9.70. The van der Waals surface area contributed by atoms with E-state index in [9.17, 15) is 9.90 Å². The van der Waals surface area contributed by atoms with Crippen LogP contribution in [0.15, 0.2) is 10.5 Å². The minimum Gasteiger partial charge on any atom is -0.454 e. The SMILES string of the molecule is Cc1cc(CN2CCC(O)C(C)C2)oc1C(=O)NN. The van der Waals surface area contributed by atoms with E-state index >= 15 is 0 Å². The summed E-state index contributed by atoms with van der Waals surface area (Å²) in [6.45, 7) is 6.18. The first-order valence-electron chi connectivity index (χ1n) is 6.52. The van der Waals surface area contributed by atoms with Gasteiger partial charge in [-0.15, -0.1) is 0 Å². The average molecular weight is 267 g/mol. The second-order valence-corrected chi connectivity index (χ2v) is 5.27. The van der Waals surface area contributed by atoms with E-state index in [2.05, 4.69) is 10.3 Å². The summed E-state index contributed by atoms with van der Waals surface area (Å²) in [5.41, 5.74) is 2.85. The highest BCUT2D eigenvalue weighted by Gasteiger charge is 2.25. The minimum absolute atomic E-state index is 0.215. The maximum Gasteiger partial charge on any atom is 0.301 e. The molecule has 1 aliphatic heterocycles. The fraction of sp³-hybridized carbons (Fsp3) is 0.615. The van der Waals surface area contributed by atoms with Crippen LogP contribution in [0, 0.1) is 12.8 Å². The van der Waals surface area contributed by atoms with E-state index in [0.717, 1.165) is 30.8 Å². The standard InChI is InChI=1S/C13H21N3O3/c1-8-5-10(19-12(8)13(18)15-14)7-16-4-3-11(17)9(2)6-16/h5,9,11,17H,3-4,6-7,14H2,1-2H3,(H,15,18). The molecule has 2 heterocycles. The van der Waals surface area contributed by atoms with Crippen LogP contribution in [-0.4, -0.2) is 35.1 Å². The van der Waals surface area contributed by atoms with Crippen molar-refractivity contribution in [3.05, 3.63) is 23.2 Å². The molecule has 106 valence electrons. The normalized spacial score (nSPS) is 24.4. The molecule has 0 saturated carbocycles. The fourth-order valence-corrected chi connectivity index (χ4v) is 2.50. The summed E-state index contributed by atoms with van der Waals surface area (Å²) in [6.07, 6.45) is 0.560. The van der Waals surface area contributed by atoms with E-state index < -0.39 is 5.91 Å². The Morgan fingerprint density at radius 3 is 3.05 bits per heavy atom. The summed E-state index contributed by atoms with van der Waals surface area (Å²) < 4.78 is 5.54. The van der Waals surface area contributed by atoms with Gasteiger partial charge in [-0.2, -0.15) is 0 Å². The molecule has 1 saturated heterocycles. The van der Waals surface area contributed by atoms with Gasteiger partial charge in [0.05, 0.1) is 12.6 Å². The van der Waals surface area contributed by atoms with Crippen LogP contribution in [0.5, 0.6) is 0 Å². The molecule has 0 spiro atoms. The number of hydrogen-bond acceptors (Lipinski definition) is 5. The van der Waals surface area contributed by atoms with Gasteiger partial charge in [-0.1, -0.05) is 6.92 Å². The number of hydrazine groups is 1. The summed E-state index contributed by atoms with van der Waals surface area (Å²) in [6, 6.07) is 1.86. The number of aliphatic hydroxyl groups is 1. The first-order chi connectivity index (χ1) is 9.01. The monoisotopic (exact) mass is 267 g/mol. The van der Waals surface area contributed by atoms with Gasteiger partial charge in [0.2, 0.25) is 0 Å². The maximum absolute atomic E-state index is 11.5. The van der Waals surface area contributed by atoms with Crippen molar-refractivity contribution in [1.29, 1.82) is 0 Å². The topological polar surface area (TPSA) is 91.7 Å². The number of carbonyl (C=O) groups excluding carboxylic acids is 1. The number of piperidine rings is 1. The van der Waals surface area contributed by atoms with Gasteiger partial charge < -0.3 is 9.52 Å². The van der Waals surface area contributed by atoms with Crippen molar-refractivity contribution >= 4 is 5.91 Å². The van der Waals surface area contributed by atoms with Gasteiger partial charge in [0.15, 0.2) is 5.76 Å². The molecule has 6 heteroatoms. The Morgan fingerprint density at radius 2 is 2.42 bits per heavy atom. The Hall–Kier alpha value is -1.37. The molecule has 4 N–H and O–H groups in total. The molecule has 6 nitrogen and oxygen atoms in total. The Kier molecular flexibility index (Phi) is 4.24. The van der Waals surface area contributed by atoms with Crippen LogP contribution in [0.4, 0.5) is 0 Å². The molecule has 0 aromatic carbocycles. The van der Waals surface area contributed by atoms with Crippen LogP contribution in [0.25, 0.3) is 0 Å². The molecule has 1 aliphatic rings. The van der Waals surface area contributed by atoms with E-state index in [4.69, 9.17) is 10.3 Å². The number of aryl methyl sites for hydroxylation is 1. The van der Waals surface area contributed by atoms with E-state index in [1.54, 1.807) is 0 Å². The second kappa shape index (κ2) is 5.73. The van der Waals surface area contributed by atoms with E-state index in [-0.39, 0.29) is 17.8 Å². The Labute approximate surface area is 112 Å². The van der Waals surface area contributed by atoms with Crippen LogP contribution in [0.3, 0.4) is 0 Å². The molecular weight excluding hydrogens is 246 g/mol. The third-order valence-electron chi connectivity index (χ3n) is 3.63. The largest absolute Gasteiger partial charge is 0.454 e. The summed E-state index contributed by atoms with van der Waals surface area (Å²) >= 11 is 0. The van der Waals surface area contributed by atoms with Crippen LogP contribution in [-0.2, 0) is 6.54 Å². The van der Waals surface area contributed by atoms with Crippen LogP contribution < -0.4 is 11.3 Å². The number of furan rings is 1. The number of carbonyl (C=O) groups is 1. The lowest BCUT2D eigenvalue weighted by Gasteiger charge is -2.33. The number of amides is 1. The third-order valence-corrected chi connectivity index (χ3v) is 3.63. The van der Waals surface area contributed by atoms with Crippen molar-refractivity contribution in [2.45, 2.75) is 32.9 Å². The number of hydrogen-bond donors (Lipinski definition) is 3. The Morgan fingerprint density at radius 1 is 1.68 bits per heavy atom. The highest BCUT2D eigenvalue weighted by molar-refractivity contribution is 5.92. The van der Waals surface area contributed by atoms with Gasteiger partial charge in [-0.25, -0.2) is 5.84 Å². The maximum atomic E-state index is 11.5. The van der Waals surface area contributed by atoms with Gasteiger partial charge in [0.25, 0.3) is 0 Å². The van der Waals surface area contributed by atoms with Crippen molar-refractivity contribution < 1.29 is 14.3 Å². The quantitative estimate of drug-likeness (QED) is 0.419. The van der Waals surface area contributed by atoms with Gasteiger partial charge in [-0.3, -0.25) is 15.1 Å². The van der Waals surface area contributed by atoms with Gasteiger partial charge in [0, 0.05) is 18.7 Å². The molecule has 19 heavy (non-hydrogen) atoms. The first kappa shape index (κ1) is 14.0. The molecule has 1 aromatic heterocycles. The molecule has 2 unspecified atom stereocenters. The fourth-order valence-electron chi connectivity index (χ4n) is 2.50. The molecule has 1 fully saturated rings. The molecule has 2 atom stereocenters. The molecule has 2 rings (SSSR count). The van der Waals surface area contributed by atoms with E-state index in [1.165, 1.54) is 0 Å². The third kappa shape index (κ3) is 3.15. The molecule has 0 aliphatic carbocycles. The lowest BCUT2D eigenvalue weighted by atomic mass is 9.97. The molecule has 1 aromatic rings. The lowest BCUT2D eigenvalue weighted by molar-refractivity contribution is 0.0295. The molecule has 0 radical (unpaired) electrons. The predicted octanol–water partition coefficient (Wildman–Crippen LogP) is 0.394. The highest BCUT2D eigenvalue weighted by Crippen LogP contribution is 2.21. The van der Waals surface area contributed by atoms with E-state index in [0.29, 0.717) is 6.54 Å². The average Bonchev–Trinajstić information content (AvgIpc) is 2.74. The van der Waals surface area contributed by atoms with Crippen LogP contribution >= 0.6 is 0 Å². The Balaban J connectivity index is 2.02. The number of nitrogens with zero attached hydrogens (tertiary/aromatic N) is 1. The van der Waals surface area contributed by atoms with Crippen molar-refractivity contribution in [3.8, 4) is 0 Å². The second-order valence-electron chi connectivity index (χ2n) is 5.27. The number of aliphatic hydroxyl groups excluding tert-OH is 1. The number of nitrogen functional groups attached to an aromatic ring is 1. The Bertz CT molecular complexity index is 458. The predicted molar refractivity (Wildman–Crippen MR) is 70.2 cm³/mol. The van der Waals surface area contributed by atoms with Gasteiger partial charge in [-0.05, 0) is 25.3 Å². The number of nitrogens with one attached hydrogen (secondary N) is 1. The van der Waals surface area contributed by atoms with Crippen molar-refractivity contribution in [2.24, 2.45) is 11.8 Å².